The second-order valence-corrected chi connectivity index (χ2v) is 5.72. The Balaban J connectivity index is 2.02. The Labute approximate surface area is 108 Å². The number of ether oxygens (including phenoxy) is 1. The lowest BCUT2D eigenvalue weighted by molar-refractivity contribution is -0.157. The first kappa shape index (κ1) is 12.1. The van der Waals surface area contributed by atoms with Crippen LogP contribution in [0.1, 0.15) is 24.8 Å². The molecule has 2 aliphatic rings. The van der Waals surface area contributed by atoms with Crippen LogP contribution >= 0.6 is 0 Å². The topological polar surface area (TPSA) is 21.3 Å². The maximum atomic E-state index is 14.2. The number of hydrogen-bond acceptors (Lipinski definition) is 2. The van der Waals surface area contributed by atoms with Gasteiger partial charge in [0.05, 0.1) is 18.6 Å². The molecule has 2 fully saturated rings. The number of nitrogens with one attached hydrogen (secondary N) is 1. The molecular formula is C15H20FNO. The fraction of sp³-hybridized carbons (Fsp3) is 0.600. The van der Waals surface area contributed by atoms with Gasteiger partial charge in [-0.3, -0.25) is 0 Å². The highest BCUT2D eigenvalue weighted by atomic mass is 19.1. The van der Waals surface area contributed by atoms with Gasteiger partial charge in [-0.1, -0.05) is 24.6 Å². The first-order chi connectivity index (χ1) is 8.74. The van der Waals surface area contributed by atoms with Crippen LogP contribution in [0.4, 0.5) is 4.39 Å². The van der Waals surface area contributed by atoms with E-state index >= 15 is 0 Å². The molecule has 3 heteroatoms. The molecule has 0 radical (unpaired) electrons. The lowest BCUT2D eigenvalue weighted by Crippen LogP contribution is -2.64. The van der Waals surface area contributed by atoms with Crippen LogP contribution in [0, 0.1) is 11.2 Å². The van der Waals surface area contributed by atoms with E-state index in [0.29, 0.717) is 13.2 Å². The van der Waals surface area contributed by atoms with Crippen molar-refractivity contribution in [2.24, 2.45) is 5.41 Å². The monoisotopic (exact) mass is 249 g/mol. The normalized spacial score (nSPS) is 24.1. The lowest BCUT2D eigenvalue weighted by atomic mass is 9.49. The fourth-order valence-corrected chi connectivity index (χ4v) is 3.67. The van der Waals surface area contributed by atoms with Gasteiger partial charge in [0.25, 0.3) is 0 Å². The van der Waals surface area contributed by atoms with Crippen molar-refractivity contribution in [1.82, 2.24) is 5.32 Å². The third-order valence-electron chi connectivity index (χ3n) is 4.93. The van der Waals surface area contributed by atoms with Crippen LogP contribution in [-0.4, -0.2) is 26.8 Å². The predicted molar refractivity (Wildman–Crippen MR) is 69.1 cm³/mol. The van der Waals surface area contributed by atoms with Gasteiger partial charge in [-0.2, -0.15) is 0 Å². The summed E-state index contributed by atoms with van der Waals surface area (Å²) >= 11 is 0. The van der Waals surface area contributed by atoms with Crippen molar-refractivity contribution in [3.8, 4) is 0 Å². The van der Waals surface area contributed by atoms with E-state index in [1.165, 1.54) is 19.3 Å². The molecule has 1 saturated heterocycles. The van der Waals surface area contributed by atoms with E-state index in [1.807, 2.05) is 19.2 Å². The van der Waals surface area contributed by atoms with Crippen LogP contribution in [0.2, 0.25) is 0 Å². The van der Waals surface area contributed by atoms with Crippen molar-refractivity contribution in [3.05, 3.63) is 35.6 Å². The van der Waals surface area contributed by atoms with Crippen molar-refractivity contribution in [3.63, 3.8) is 0 Å². The highest BCUT2D eigenvalue weighted by Gasteiger charge is 2.60. The molecule has 0 amide bonds. The second kappa shape index (κ2) is 4.32. The molecule has 0 bridgehead atoms. The Morgan fingerprint density at radius 1 is 1.28 bits per heavy atom. The molecule has 0 unspecified atom stereocenters. The Kier molecular flexibility index (Phi) is 2.91. The molecule has 1 N–H and O–H groups in total. The molecule has 1 aromatic carbocycles. The van der Waals surface area contributed by atoms with E-state index in [0.717, 1.165) is 12.1 Å². The summed E-state index contributed by atoms with van der Waals surface area (Å²) in [7, 11) is 1.98. The zero-order valence-electron chi connectivity index (χ0n) is 10.8. The number of hydrogen-bond donors (Lipinski definition) is 1. The molecule has 1 aromatic rings. The highest BCUT2D eigenvalue weighted by molar-refractivity contribution is 5.34. The molecule has 1 heterocycles. The number of benzene rings is 1. The average molecular weight is 249 g/mol. The maximum Gasteiger partial charge on any atom is 0.127 e. The summed E-state index contributed by atoms with van der Waals surface area (Å²) in [6, 6.07) is 7.20. The van der Waals surface area contributed by atoms with E-state index in [-0.39, 0.29) is 16.6 Å². The predicted octanol–water partition coefficient (Wildman–Crippen LogP) is 2.48. The van der Waals surface area contributed by atoms with Gasteiger partial charge in [0.2, 0.25) is 0 Å². The average Bonchev–Trinajstić information content (AvgIpc) is 2.26. The zero-order valence-corrected chi connectivity index (χ0v) is 10.8. The zero-order chi connectivity index (χ0) is 12.6. The minimum atomic E-state index is -0.112. The van der Waals surface area contributed by atoms with Crippen molar-refractivity contribution >= 4 is 0 Å². The van der Waals surface area contributed by atoms with Gasteiger partial charge in [0.1, 0.15) is 5.82 Å². The molecule has 18 heavy (non-hydrogen) atoms. The van der Waals surface area contributed by atoms with E-state index in [2.05, 4.69) is 5.32 Å². The van der Waals surface area contributed by atoms with Crippen molar-refractivity contribution in [2.75, 3.05) is 26.8 Å². The van der Waals surface area contributed by atoms with Gasteiger partial charge in [-0.05, 0) is 36.9 Å². The SMILES string of the molecule is CNCC1(C2(c3ccccc3F)COC2)CCC1. The first-order valence-electron chi connectivity index (χ1n) is 6.72. The van der Waals surface area contributed by atoms with Crippen LogP contribution < -0.4 is 5.32 Å². The van der Waals surface area contributed by atoms with Gasteiger partial charge in [0.15, 0.2) is 0 Å². The molecule has 3 rings (SSSR count). The Morgan fingerprint density at radius 3 is 2.44 bits per heavy atom. The van der Waals surface area contributed by atoms with Crippen molar-refractivity contribution in [1.29, 1.82) is 0 Å². The van der Waals surface area contributed by atoms with E-state index in [4.69, 9.17) is 4.74 Å². The largest absolute Gasteiger partial charge is 0.379 e. The first-order valence-corrected chi connectivity index (χ1v) is 6.72. The molecular weight excluding hydrogens is 229 g/mol. The van der Waals surface area contributed by atoms with E-state index in [9.17, 15) is 4.39 Å². The van der Waals surface area contributed by atoms with Crippen LogP contribution in [0.25, 0.3) is 0 Å². The van der Waals surface area contributed by atoms with Crippen molar-refractivity contribution < 1.29 is 9.13 Å². The third kappa shape index (κ3) is 1.47. The molecule has 1 aliphatic heterocycles. The Morgan fingerprint density at radius 2 is 2.00 bits per heavy atom. The third-order valence-corrected chi connectivity index (χ3v) is 4.93. The smallest absolute Gasteiger partial charge is 0.127 e. The highest BCUT2D eigenvalue weighted by Crippen LogP contribution is 2.58. The van der Waals surface area contributed by atoms with Gasteiger partial charge in [0, 0.05) is 6.54 Å². The molecule has 0 atom stereocenters. The molecule has 0 aromatic heterocycles. The Bertz CT molecular complexity index is 438. The van der Waals surface area contributed by atoms with E-state index < -0.39 is 0 Å². The lowest BCUT2D eigenvalue weighted by Gasteiger charge is -2.60. The minimum Gasteiger partial charge on any atom is -0.379 e. The van der Waals surface area contributed by atoms with Crippen molar-refractivity contribution in [2.45, 2.75) is 24.7 Å². The molecule has 2 nitrogen and oxygen atoms in total. The summed E-state index contributed by atoms with van der Waals surface area (Å²) in [5.74, 6) is -0.0804. The minimum absolute atomic E-state index is 0.0804. The molecule has 1 aliphatic carbocycles. The fourth-order valence-electron chi connectivity index (χ4n) is 3.67. The van der Waals surface area contributed by atoms with Crippen LogP contribution in [0.3, 0.4) is 0 Å². The summed E-state index contributed by atoms with van der Waals surface area (Å²) < 4.78 is 19.6. The van der Waals surface area contributed by atoms with Gasteiger partial charge >= 0.3 is 0 Å². The van der Waals surface area contributed by atoms with Crippen LogP contribution in [-0.2, 0) is 10.2 Å². The van der Waals surface area contributed by atoms with E-state index in [1.54, 1.807) is 12.1 Å². The van der Waals surface area contributed by atoms with Gasteiger partial charge < -0.3 is 10.1 Å². The second-order valence-electron chi connectivity index (χ2n) is 5.72. The maximum absolute atomic E-state index is 14.2. The summed E-state index contributed by atoms with van der Waals surface area (Å²) in [6.45, 7) is 2.27. The van der Waals surface area contributed by atoms with Gasteiger partial charge in [-0.15, -0.1) is 0 Å². The summed E-state index contributed by atoms with van der Waals surface area (Å²) in [5, 5.41) is 3.30. The number of rotatable bonds is 4. The van der Waals surface area contributed by atoms with Gasteiger partial charge in [-0.25, -0.2) is 4.39 Å². The van der Waals surface area contributed by atoms with Crippen LogP contribution in [0.5, 0.6) is 0 Å². The number of halogens is 1. The summed E-state index contributed by atoms with van der Waals surface area (Å²) in [5.41, 5.74) is 0.924. The summed E-state index contributed by atoms with van der Waals surface area (Å²) in [4.78, 5) is 0. The standard InChI is InChI=1S/C15H20FNO/c1-17-9-14(7-4-8-14)15(10-18-11-15)12-5-2-3-6-13(12)16/h2-3,5-6,17H,4,7-11H2,1H3. The quantitative estimate of drug-likeness (QED) is 0.885. The summed E-state index contributed by atoms with van der Waals surface area (Å²) in [6.07, 6.45) is 3.59. The molecule has 0 spiro atoms. The Hall–Kier alpha value is -0.930. The van der Waals surface area contributed by atoms with Crippen LogP contribution in [0.15, 0.2) is 24.3 Å². The molecule has 98 valence electrons. The molecule has 1 saturated carbocycles.